The fourth-order valence-electron chi connectivity index (χ4n) is 7.08. The zero-order valence-corrected chi connectivity index (χ0v) is 25.2. The number of amides is 4. The van der Waals surface area contributed by atoms with Gasteiger partial charge in [0.1, 0.15) is 5.75 Å². The Morgan fingerprint density at radius 3 is 2.32 bits per heavy atom. The Morgan fingerprint density at radius 1 is 1.02 bits per heavy atom. The number of anilines is 1. The maximum absolute atomic E-state index is 14.0. The minimum Gasteiger partial charge on any atom is -0.508 e. The van der Waals surface area contributed by atoms with E-state index in [2.05, 4.69) is 15.9 Å². The van der Waals surface area contributed by atoms with Gasteiger partial charge in [-0.25, -0.2) is 0 Å². The predicted octanol–water partition coefficient (Wildman–Crippen LogP) is 4.82. The van der Waals surface area contributed by atoms with Gasteiger partial charge in [-0.05, 0) is 74.1 Å². The summed E-state index contributed by atoms with van der Waals surface area (Å²) in [4.78, 5) is 65.3. The molecule has 0 bridgehead atoms. The quantitative estimate of drug-likeness (QED) is 0.166. The smallest absolute Gasteiger partial charge is 0.254 e. The zero-order chi connectivity index (χ0) is 29.6. The SMILES string of the molecule is CC(=O)c1ccc(N2C(=O)C3CC=C4C(CC5(Cl)C(=O)N(CBr)C(=O)C5(Cl)C4c4ccc(O)c(C)c4)C3C2=O)cc1. The van der Waals surface area contributed by atoms with E-state index in [1.54, 1.807) is 43.3 Å². The van der Waals surface area contributed by atoms with Crippen molar-refractivity contribution in [3.05, 3.63) is 70.8 Å². The molecule has 2 aliphatic carbocycles. The predicted molar refractivity (Wildman–Crippen MR) is 155 cm³/mol. The minimum atomic E-state index is -1.90. The van der Waals surface area contributed by atoms with Gasteiger partial charge >= 0.3 is 0 Å². The van der Waals surface area contributed by atoms with E-state index in [0.717, 1.165) is 9.80 Å². The summed E-state index contributed by atoms with van der Waals surface area (Å²) >= 11 is 17.6. The monoisotopic (exact) mass is 658 g/mol. The highest BCUT2D eigenvalue weighted by atomic mass is 79.9. The summed E-state index contributed by atoms with van der Waals surface area (Å²) in [5.74, 6) is -5.24. The fraction of sp³-hybridized carbons (Fsp3) is 0.367. The number of aryl methyl sites for hydroxylation is 1. The van der Waals surface area contributed by atoms with Gasteiger partial charge in [0.2, 0.25) is 11.8 Å². The normalized spacial score (nSPS) is 32.6. The first-order chi connectivity index (χ1) is 19.4. The van der Waals surface area contributed by atoms with Crippen molar-refractivity contribution in [2.75, 3.05) is 10.4 Å². The van der Waals surface area contributed by atoms with Crippen LogP contribution in [-0.4, -0.2) is 54.6 Å². The molecule has 6 atom stereocenters. The topological polar surface area (TPSA) is 112 Å². The minimum absolute atomic E-state index is 0.0541. The van der Waals surface area contributed by atoms with Crippen LogP contribution in [0, 0.1) is 24.7 Å². The highest BCUT2D eigenvalue weighted by Gasteiger charge is 2.76. The van der Waals surface area contributed by atoms with Crippen LogP contribution in [0.25, 0.3) is 0 Å². The first kappa shape index (κ1) is 28.1. The fourth-order valence-corrected chi connectivity index (χ4v) is 8.51. The number of hydrogen-bond donors (Lipinski definition) is 1. The molecule has 3 fully saturated rings. The lowest BCUT2D eigenvalue weighted by atomic mass is 9.56. The molecule has 11 heteroatoms. The third-order valence-electron chi connectivity index (χ3n) is 9.10. The highest BCUT2D eigenvalue weighted by Crippen LogP contribution is 2.65. The number of ketones is 1. The average molecular weight is 660 g/mol. The van der Waals surface area contributed by atoms with Gasteiger partial charge in [-0.1, -0.05) is 39.7 Å². The summed E-state index contributed by atoms with van der Waals surface area (Å²) in [6, 6.07) is 11.1. The van der Waals surface area contributed by atoms with Gasteiger partial charge in [-0.3, -0.25) is 33.8 Å². The van der Waals surface area contributed by atoms with Gasteiger partial charge in [0.25, 0.3) is 11.8 Å². The number of nitrogens with zero attached hydrogens (tertiary/aromatic N) is 2. The molecule has 212 valence electrons. The van der Waals surface area contributed by atoms with Crippen molar-refractivity contribution >= 4 is 74.2 Å². The maximum atomic E-state index is 14.0. The number of benzene rings is 2. The highest BCUT2D eigenvalue weighted by molar-refractivity contribution is 9.09. The van der Waals surface area contributed by atoms with E-state index >= 15 is 0 Å². The third-order valence-corrected chi connectivity index (χ3v) is 11.0. The van der Waals surface area contributed by atoms with Crippen molar-refractivity contribution in [3.8, 4) is 5.75 Å². The van der Waals surface area contributed by atoms with Crippen molar-refractivity contribution in [2.24, 2.45) is 17.8 Å². The Kier molecular flexibility index (Phi) is 6.52. The van der Waals surface area contributed by atoms with Crippen LogP contribution in [0.5, 0.6) is 5.75 Å². The van der Waals surface area contributed by atoms with E-state index in [1.165, 1.54) is 13.0 Å². The van der Waals surface area contributed by atoms with Crippen molar-refractivity contribution in [3.63, 3.8) is 0 Å². The Bertz CT molecular complexity index is 1590. The molecule has 0 aromatic heterocycles. The van der Waals surface area contributed by atoms with Crippen LogP contribution in [0.4, 0.5) is 5.69 Å². The summed E-state index contributed by atoms with van der Waals surface area (Å²) in [7, 11) is 0. The number of imide groups is 2. The molecule has 6 unspecified atom stereocenters. The van der Waals surface area contributed by atoms with Gasteiger partial charge in [0.05, 0.1) is 23.0 Å². The van der Waals surface area contributed by atoms with Gasteiger partial charge < -0.3 is 5.11 Å². The third kappa shape index (κ3) is 3.68. The van der Waals surface area contributed by atoms with Crippen LogP contribution in [0.2, 0.25) is 0 Å². The van der Waals surface area contributed by atoms with E-state index in [1.807, 2.05) is 6.08 Å². The first-order valence-corrected chi connectivity index (χ1v) is 15.0. The van der Waals surface area contributed by atoms with Gasteiger partial charge in [0.15, 0.2) is 15.5 Å². The molecular formula is C30H25BrCl2N2O6. The molecule has 8 nitrogen and oxygen atoms in total. The molecule has 41 heavy (non-hydrogen) atoms. The molecule has 2 heterocycles. The number of Topliss-reactive ketones (excluding diaryl/α,β-unsaturated/α-hetero) is 1. The second-order valence-electron chi connectivity index (χ2n) is 11.1. The Labute approximate surface area is 254 Å². The van der Waals surface area contributed by atoms with E-state index < -0.39 is 51.1 Å². The van der Waals surface area contributed by atoms with E-state index in [4.69, 9.17) is 23.2 Å². The van der Waals surface area contributed by atoms with Crippen LogP contribution in [0.1, 0.15) is 47.2 Å². The Balaban J connectivity index is 1.49. The lowest BCUT2D eigenvalue weighted by Crippen LogP contribution is -2.60. The maximum Gasteiger partial charge on any atom is 0.254 e. The van der Waals surface area contributed by atoms with Crippen LogP contribution in [0.15, 0.2) is 54.1 Å². The average Bonchev–Trinajstić information content (AvgIpc) is 3.28. The van der Waals surface area contributed by atoms with Crippen molar-refractivity contribution in [2.45, 2.75) is 42.4 Å². The number of aromatic hydroxyl groups is 1. The summed E-state index contributed by atoms with van der Waals surface area (Å²) in [5, 5.41) is 10.2. The number of carbonyl (C=O) groups excluding carboxylic acids is 5. The summed E-state index contributed by atoms with van der Waals surface area (Å²) < 4.78 is 0. The summed E-state index contributed by atoms with van der Waals surface area (Å²) in [6.45, 7) is 3.14. The van der Waals surface area contributed by atoms with Crippen LogP contribution in [0.3, 0.4) is 0 Å². The number of phenols is 1. The number of carbonyl (C=O) groups is 5. The molecule has 2 aliphatic heterocycles. The Hall–Kier alpha value is -3.01. The second kappa shape index (κ2) is 9.51. The van der Waals surface area contributed by atoms with Crippen molar-refractivity contribution in [1.29, 1.82) is 0 Å². The summed E-state index contributed by atoms with van der Waals surface area (Å²) in [6.07, 6.45) is 1.99. The molecule has 2 saturated heterocycles. The van der Waals surface area contributed by atoms with Gasteiger partial charge in [0, 0.05) is 11.5 Å². The lowest BCUT2D eigenvalue weighted by Gasteiger charge is -2.50. The van der Waals surface area contributed by atoms with Crippen LogP contribution < -0.4 is 4.90 Å². The number of phenolic OH excluding ortho intramolecular Hbond substituents is 1. The van der Waals surface area contributed by atoms with E-state index in [0.29, 0.717) is 28.0 Å². The molecule has 0 radical (unpaired) electrons. The molecular weight excluding hydrogens is 635 g/mol. The number of fused-ring (bicyclic) bond motifs is 4. The molecule has 2 aromatic carbocycles. The van der Waals surface area contributed by atoms with Gasteiger partial charge in [-0.2, -0.15) is 0 Å². The van der Waals surface area contributed by atoms with Crippen molar-refractivity contribution < 1.29 is 29.1 Å². The largest absolute Gasteiger partial charge is 0.508 e. The molecule has 1 N–H and O–H groups in total. The molecule has 4 aliphatic rings. The summed E-state index contributed by atoms with van der Waals surface area (Å²) in [5.41, 5.74) is 2.49. The second-order valence-corrected chi connectivity index (χ2v) is 12.9. The molecule has 0 spiro atoms. The number of likely N-dealkylation sites (tertiary alicyclic amines) is 1. The standard InChI is InChI=1S/C30H25BrCl2N2O6/c1-14-11-17(5-10-22(14)37)24-19-8-9-20-23(21(19)12-29(32)27(40)34(13-31)28(41)30(24,29)33)26(39)35(25(20)38)18-6-3-16(4-7-18)15(2)36/h3-8,10-11,20-21,23-24,37H,9,12-13H2,1-2H3. The van der Waals surface area contributed by atoms with Gasteiger partial charge in [-0.15, -0.1) is 23.2 Å². The molecule has 4 amide bonds. The number of hydrogen-bond acceptors (Lipinski definition) is 6. The van der Waals surface area contributed by atoms with Crippen molar-refractivity contribution in [1.82, 2.24) is 4.90 Å². The number of rotatable bonds is 4. The van der Waals surface area contributed by atoms with E-state index in [-0.39, 0.29) is 35.7 Å². The number of alkyl halides is 3. The molecule has 2 aromatic rings. The number of allylic oxidation sites excluding steroid dienone is 2. The first-order valence-electron chi connectivity index (χ1n) is 13.1. The van der Waals surface area contributed by atoms with E-state index in [9.17, 15) is 29.1 Å². The van der Waals surface area contributed by atoms with Crippen LogP contribution in [-0.2, 0) is 19.2 Å². The molecule has 6 rings (SSSR count). The Morgan fingerprint density at radius 2 is 1.71 bits per heavy atom. The lowest BCUT2D eigenvalue weighted by molar-refractivity contribution is -0.138. The zero-order valence-electron chi connectivity index (χ0n) is 22.1. The molecule has 1 saturated carbocycles. The van der Waals surface area contributed by atoms with Crippen LogP contribution >= 0.6 is 39.1 Å². The number of halogens is 3.